The van der Waals surface area contributed by atoms with Crippen LogP contribution in [0.4, 0.5) is 0 Å². The van der Waals surface area contributed by atoms with Crippen molar-refractivity contribution in [2.45, 2.75) is 172 Å². The van der Waals surface area contributed by atoms with E-state index in [-0.39, 0.29) is 102 Å². The summed E-state index contributed by atoms with van der Waals surface area (Å²) in [5.41, 5.74) is -0.563. The molecule has 1 spiro atoms. The minimum absolute atomic E-state index is 0.0376. The van der Waals surface area contributed by atoms with E-state index in [1.54, 1.807) is 57.2 Å². The van der Waals surface area contributed by atoms with E-state index < -0.39 is 118 Å². The number of hydrogen-bond acceptors (Lipinski definition) is 21. The molecule has 11 aliphatic rings. The van der Waals surface area contributed by atoms with Gasteiger partial charge in [-0.05, 0) is 172 Å². The number of methoxy groups -OCH3 is 2. The molecular formula is C75H81NO21. The fourth-order valence-corrected chi connectivity index (χ4v) is 16.2. The molecule has 4 bridgehead atoms. The number of ketones is 2. The molecular weight excluding hydrogens is 1250 g/mol. The molecule has 7 heterocycles. The summed E-state index contributed by atoms with van der Waals surface area (Å²) >= 11 is 0. The van der Waals surface area contributed by atoms with Crippen LogP contribution in [0.3, 0.4) is 0 Å². The van der Waals surface area contributed by atoms with E-state index in [4.69, 9.17) is 61.6 Å². The average molecular weight is 1330 g/mol. The molecule has 512 valence electrons. The number of carbonyl (C=O) groups excluding carboxylic acids is 5. The second-order valence-corrected chi connectivity index (χ2v) is 28.6. The molecule has 0 aromatic heterocycles. The first-order valence-electron chi connectivity index (χ1n) is 33.0. The van der Waals surface area contributed by atoms with Crippen molar-refractivity contribution in [3.63, 3.8) is 0 Å². The Morgan fingerprint density at radius 1 is 0.814 bits per heavy atom. The molecule has 22 heteroatoms. The van der Waals surface area contributed by atoms with E-state index in [1.165, 1.54) is 38.5 Å². The lowest BCUT2D eigenvalue weighted by Crippen LogP contribution is -2.72. The minimum Gasteiger partial charge on any atom is -0.502 e. The van der Waals surface area contributed by atoms with E-state index in [1.807, 2.05) is 66.7 Å². The number of Topliss-reactive ketones (excluding diaryl/α,β-unsaturated/α-hetero) is 2. The van der Waals surface area contributed by atoms with Crippen LogP contribution in [0.2, 0.25) is 0 Å². The van der Waals surface area contributed by atoms with Gasteiger partial charge in [0, 0.05) is 46.8 Å². The maximum absolute atomic E-state index is 16.4. The molecule has 4 aromatic carbocycles. The Bertz CT molecular complexity index is 4120. The van der Waals surface area contributed by atoms with E-state index in [2.05, 4.69) is 11.4 Å². The van der Waals surface area contributed by atoms with Crippen molar-refractivity contribution in [3.8, 4) is 51.7 Å². The number of aliphatic hydroxyl groups is 2. The molecule has 1 saturated carbocycles. The molecule has 9 unspecified atom stereocenters. The summed E-state index contributed by atoms with van der Waals surface area (Å²) < 4.78 is 81.1. The van der Waals surface area contributed by atoms with Crippen LogP contribution in [0.25, 0.3) is 6.08 Å². The number of aromatic hydroxyl groups is 1. The zero-order valence-corrected chi connectivity index (χ0v) is 56.3. The Balaban J connectivity index is 0.824. The number of esters is 2. The predicted octanol–water partition coefficient (Wildman–Crippen LogP) is 9.89. The molecule has 4 aliphatic carbocycles. The van der Waals surface area contributed by atoms with Crippen LogP contribution >= 0.6 is 0 Å². The van der Waals surface area contributed by atoms with Crippen LogP contribution in [0, 0.1) is 23.7 Å². The van der Waals surface area contributed by atoms with Crippen LogP contribution in [0.15, 0.2) is 101 Å². The lowest BCUT2D eigenvalue weighted by Gasteiger charge is -2.56. The van der Waals surface area contributed by atoms with Gasteiger partial charge in [0.05, 0.1) is 56.1 Å². The number of benzene rings is 4. The molecule has 1 amide bonds. The highest BCUT2D eigenvalue weighted by Gasteiger charge is 2.81. The molecule has 4 aromatic rings. The molecule has 14 atom stereocenters. The number of ether oxygens (including phenoxy) is 13. The lowest BCUT2D eigenvalue weighted by molar-refractivity contribution is -0.373. The van der Waals surface area contributed by atoms with Gasteiger partial charge < -0.3 is 82.2 Å². The number of nitrogens with one attached hydrogen (secondary N) is 1. The maximum atomic E-state index is 16.4. The van der Waals surface area contributed by atoms with Crippen LogP contribution in [-0.2, 0) is 44.5 Å². The van der Waals surface area contributed by atoms with Gasteiger partial charge in [-0.15, -0.1) is 0 Å². The Morgan fingerprint density at radius 3 is 2.21 bits per heavy atom. The number of rotatable bonds is 16. The summed E-state index contributed by atoms with van der Waals surface area (Å²) in [6.45, 7) is 18.7. The Kier molecular flexibility index (Phi) is 16.2. The Hall–Kier alpha value is -8.51. The van der Waals surface area contributed by atoms with Crippen molar-refractivity contribution in [1.82, 2.24) is 5.32 Å². The SMILES string of the molecule is COc1cc(C2c3cc4c(cc3C(NC(=O)C(C)=CCC35OC(C)(C)C6CC(C=C7C(=O)c8c(OC(=O)c9ccc(O[C@@H]%10O[C@@H]%11COC(C)(C)O[C@H]%11[C@H](O)[C@H]%10O)cc9)c9c(c(CC=C(C)C)c8OC763)OC(C)(CCC=C(C)C)C=C9)C5=O)C3COC(=O)C23)OCO4)cc(OC)c1O. The van der Waals surface area contributed by atoms with E-state index in [0.29, 0.717) is 57.9 Å². The van der Waals surface area contributed by atoms with Crippen LogP contribution in [0.5, 0.6) is 51.7 Å². The van der Waals surface area contributed by atoms with E-state index in [9.17, 15) is 24.9 Å². The third-order valence-electron chi connectivity index (χ3n) is 21.0. The average Bonchev–Trinajstić information content (AvgIpc) is 1.53. The zero-order valence-electron chi connectivity index (χ0n) is 56.3. The number of carbonyl (C=O) groups is 5. The van der Waals surface area contributed by atoms with Crippen molar-refractivity contribution in [2.75, 3.05) is 34.2 Å². The molecule has 4 N–H and O–H groups in total. The number of aliphatic hydroxyl groups excluding tert-OH is 2. The summed E-state index contributed by atoms with van der Waals surface area (Å²) in [5.74, 6) is -5.91. The van der Waals surface area contributed by atoms with Crippen molar-refractivity contribution in [1.29, 1.82) is 0 Å². The van der Waals surface area contributed by atoms with E-state index in [0.717, 1.165) is 11.1 Å². The molecule has 4 saturated heterocycles. The highest BCUT2D eigenvalue weighted by molar-refractivity contribution is 6.19. The van der Waals surface area contributed by atoms with Crippen molar-refractivity contribution in [2.24, 2.45) is 23.7 Å². The number of hydrogen-bond donors (Lipinski definition) is 4. The molecule has 97 heavy (non-hydrogen) atoms. The van der Waals surface area contributed by atoms with Crippen LogP contribution in [0.1, 0.15) is 155 Å². The zero-order chi connectivity index (χ0) is 68.7. The fraction of sp³-hybridized carbons (Fsp3) is 0.480. The molecule has 5 fully saturated rings. The first-order valence-corrected chi connectivity index (χ1v) is 33.0. The third kappa shape index (κ3) is 10.7. The molecule has 22 nitrogen and oxygen atoms in total. The van der Waals surface area contributed by atoms with Crippen molar-refractivity contribution >= 4 is 35.5 Å². The highest BCUT2D eigenvalue weighted by Crippen LogP contribution is 2.69. The summed E-state index contributed by atoms with van der Waals surface area (Å²) in [5, 5.41) is 36.4. The summed E-state index contributed by atoms with van der Waals surface area (Å²) in [7, 11) is 2.83. The van der Waals surface area contributed by atoms with Crippen LogP contribution in [-0.4, -0.2) is 138 Å². The van der Waals surface area contributed by atoms with Gasteiger partial charge in [0.1, 0.15) is 52.8 Å². The fourth-order valence-electron chi connectivity index (χ4n) is 16.2. The number of cyclic esters (lactones) is 1. The maximum Gasteiger partial charge on any atom is 0.343 e. The van der Waals surface area contributed by atoms with Gasteiger partial charge in [-0.25, -0.2) is 4.79 Å². The van der Waals surface area contributed by atoms with Gasteiger partial charge in [-0.3, -0.25) is 19.2 Å². The van der Waals surface area contributed by atoms with Gasteiger partial charge in [0.15, 0.2) is 57.3 Å². The van der Waals surface area contributed by atoms with Gasteiger partial charge in [-0.1, -0.05) is 35.5 Å². The number of phenols is 1. The number of fused-ring (bicyclic) bond motifs is 6. The van der Waals surface area contributed by atoms with Crippen LogP contribution < -0.4 is 43.2 Å². The molecule has 0 radical (unpaired) electrons. The largest absolute Gasteiger partial charge is 0.502 e. The Morgan fingerprint density at radius 2 is 1.52 bits per heavy atom. The summed E-state index contributed by atoms with van der Waals surface area (Å²) in [6, 6.07) is 12.0. The Labute approximate surface area is 561 Å². The van der Waals surface area contributed by atoms with Crippen molar-refractivity contribution < 1.29 is 101 Å². The van der Waals surface area contributed by atoms with Gasteiger partial charge in [0.25, 0.3) is 0 Å². The standard InChI is InChI=1S/C75H81NO21/c1-35(2)14-13-23-73(10)24-22-43-62(95-73)42(20-15-36(3)4)64-56(63(43)93-68(83)38-16-18-41(19-17-38)91-70-61(80)60(79)65-52(92-70)33-90-72(8,9)94-65)58(77)47-26-40-29-53-71(6,7)97-74(66(40)81,75(47,53)96-64)25-21-37(5)67(82)76-57-45-31-49-48(88-34-89-49)30-44(45)54(55-46(57)32-87-69(55)84)39-27-50(85-11)59(78)51(28-39)86-12/h14-19,21-22,24,26-28,30-31,40,46,52-55,57,60-61,65,70,78-80H,13,20,23,25,29,32-34H2,1-12H3,(H,76,82)/t40?,46?,52-,53?,54?,55?,57?,60-,61-,65-,70-,73?,74?,75?/m1/s1. The third-order valence-corrected chi connectivity index (χ3v) is 21.0. The predicted molar refractivity (Wildman–Crippen MR) is 347 cm³/mol. The van der Waals surface area contributed by atoms with Crippen molar-refractivity contribution in [3.05, 3.63) is 140 Å². The highest BCUT2D eigenvalue weighted by atomic mass is 16.8. The quantitative estimate of drug-likeness (QED) is 0.0351. The summed E-state index contributed by atoms with van der Waals surface area (Å²) in [6.07, 6.45) is 6.85. The summed E-state index contributed by atoms with van der Waals surface area (Å²) in [4.78, 5) is 76.2. The first kappa shape index (κ1) is 65.8. The second-order valence-electron chi connectivity index (χ2n) is 28.6. The number of amides is 1. The smallest absolute Gasteiger partial charge is 0.343 e. The van der Waals surface area contributed by atoms with Gasteiger partial charge >= 0.3 is 11.9 Å². The topological polar surface area (TPSA) is 278 Å². The lowest BCUT2D eigenvalue weighted by atomic mass is 9.51. The number of allylic oxidation sites excluding steroid dienone is 5. The van der Waals surface area contributed by atoms with Gasteiger partial charge in [0.2, 0.25) is 24.7 Å². The molecule has 15 rings (SSSR count). The minimum atomic E-state index is -1.90. The second kappa shape index (κ2) is 23.9. The number of phenolic OH excluding ortho intramolecular Hbond substituents is 1. The van der Waals surface area contributed by atoms with Gasteiger partial charge in [-0.2, -0.15) is 0 Å². The monoisotopic (exact) mass is 1330 g/mol. The van der Waals surface area contributed by atoms with E-state index >= 15 is 14.4 Å². The first-order chi connectivity index (χ1) is 46.1. The normalized spacial score (nSPS) is 31.5. The molecule has 7 aliphatic heterocycles.